The Bertz CT molecular complexity index is 577. The first-order valence-corrected chi connectivity index (χ1v) is 10.5. The van der Waals surface area contributed by atoms with Crippen molar-refractivity contribution in [3.63, 3.8) is 0 Å². The molecule has 0 radical (unpaired) electrons. The Morgan fingerprint density at radius 1 is 1.21 bits per heavy atom. The third-order valence-corrected chi connectivity index (χ3v) is 5.96. The van der Waals surface area contributed by atoms with Crippen LogP contribution >= 0.6 is 24.0 Å². The molecule has 1 aliphatic carbocycles. The maximum absolute atomic E-state index is 5.94. The Morgan fingerprint density at radius 3 is 2.68 bits per heavy atom. The van der Waals surface area contributed by atoms with Gasteiger partial charge < -0.3 is 19.9 Å². The van der Waals surface area contributed by atoms with Crippen molar-refractivity contribution in [1.82, 2.24) is 15.1 Å². The smallest absolute Gasteiger partial charge is 0.193 e. The average molecular weight is 500 g/mol. The Hall–Kier alpha value is -0.860. The number of halogens is 1. The van der Waals surface area contributed by atoms with E-state index in [9.17, 15) is 0 Å². The number of ether oxygens (including phenoxy) is 1. The molecule has 1 saturated heterocycles. The van der Waals surface area contributed by atoms with Gasteiger partial charge in [0.2, 0.25) is 0 Å². The third kappa shape index (κ3) is 7.19. The van der Waals surface area contributed by atoms with Crippen LogP contribution in [-0.4, -0.2) is 68.7 Å². The quantitative estimate of drug-likeness (QED) is 0.337. The summed E-state index contributed by atoms with van der Waals surface area (Å²) in [5.41, 5.74) is 1.25. The number of aliphatic imine (C=N–C) groups is 1. The monoisotopic (exact) mass is 500 g/mol. The first-order chi connectivity index (χ1) is 13.3. The Labute approximate surface area is 187 Å². The molecule has 1 aromatic carbocycles. The number of nitrogens with zero attached hydrogens (tertiary/aromatic N) is 3. The lowest BCUT2D eigenvalue weighted by molar-refractivity contribution is 0.0906. The summed E-state index contributed by atoms with van der Waals surface area (Å²) in [6.07, 6.45) is 6.69. The van der Waals surface area contributed by atoms with E-state index >= 15 is 0 Å². The van der Waals surface area contributed by atoms with Gasteiger partial charge in [0.05, 0.1) is 13.2 Å². The van der Waals surface area contributed by atoms with E-state index in [1.165, 1.54) is 37.7 Å². The molecule has 2 fully saturated rings. The van der Waals surface area contributed by atoms with Gasteiger partial charge in [-0.2, -0.15) is 0 Å². The lowest BCUT2D eigenvalue weighted by atomic mass is 10.1. The van der Waals surface area contributed by atoms with Crippen molar-refractivity contribution >= 4 is 29.9 Å². The molecule has 1 heterocycles. The van der Waals surface area contributed by atoms with Gasteiger partial charge in [0.15, 0.2) is 5.96 Å². The van der Waals surface area contributed by atoms with Gasteiger partial charge in [0.25, 0.3) is 0 Å². The fourth-order valence-electron chi connectivity index (χ4n) is 4.28. The van der Waals surface area contributed by atoms with Gasteiger partial charge in [-0.05, 0) is 31.9 Å². The van der Waals surface area contributed by atoms with Crippen LogP contribution < -0.4 is 5.32 Å². The maximum Gasteiger partial charge on any atom is 0.193 e. The molecular formula is C22H37IN4O. The molecule has 158 valence electrons. The predicted molar refractivity (Wildman–Crippen MR) is 127 cm³/mol. The minimum atomic E-state index is 0. The summed E-state index contributed by atoms with van der Waals surface area (Å²) < 4.78 is 5.94. The highest BCUT2D eigenvalue weighted by molar-refractivity contribution is 14.0. The Kier molecular flexibility index (Phi) is 10.6. The molecule has 1 aromatic rings. The molecule has 0 aromatic heterocycles. The Morgan fingerprint density at radius 2 is 1.96 bits per heavy atom. The van der Waals surface area contributed by atoms with Crippen molar-refractivity contribution in [3.05, 3.63) is 35.9 Å². The largest absolute Gasteiger partial charge is 0.376 e. The number of hydrogen-bond acceptors (Lipinski definition) is 3. The molecule has 1 unspecified atom stereocenters. The number of nitrogens with one attached hydrogen (secondary N) is 1. The lowest BCUT2D eigenvalue weighted by Crippen LogP contribution is -2.44. The van der Waals surface area contributed by atoms with E-state index in [1.807, 2.05) is 13.1 Å². The van der Waals surface area contributed by atoms with Crippen LogP contribution in [0.5, 0.6) is 0 Å². The van der Waals surface area contributed by atoms with E-state index in [0.29, 0.717) is 12.5 Å². The second-order valence-electron chi connectivity index (χ2n) is 7.99. The second-order valence-corrected chi connectivity index (χ2v) is 7.99. The molecule has 5 nitrogen and oxygen atoms in total. The highest BCUT2D eigenvalue weighted by Crippen LogP contribution is 2.22. The zero-order chi connectivity index (χ0) is 18.9. The number of hydrogen-bond donors (Lipinski definition) is 1. The molecule has 2 aliphatic rings. The molecule has 1 N–H and O–H groups in total. The van der Waals surface area contributed by atoms with Crippen molar-refractivity contribution in [2.24, 2.45) is 10.9 Å². The van der Waals surface area contributed by atoms with Crippen LogP contribution in [0.2, 0.25) is 0 Å². The van der Waals surface area contributed by atoms with Crippen LogP contribution in [-0.2, 0) is 11.3 Å². The van der Waals surface area contributed by atoms with Crippen LogP contribution in [0.15, 0.2) is 35.3 Å². The molecule has 3 rings (SSSR count). The van der Waals surface area contributed by atoms with Crippen LogP contribution in [0.25, 0.3) is 0 Å². The van der Waals surface area contributed by atoms with Gasteiger partial charge in [-0.15, -0.1) is 24.0 Å². The minimum absolute atomic E-state index is 0. The fraction of sp³-hybridized carbons (Fsp3) is 0.682. The van der Waals surface area contributed by atoms with Crippen molar-refractivity contribution in [1.29, 1.82) is 0 Å². The van der Waals surface area contributed by atoms with E-state index in [2.05, 4.69) is 51.4 Å². The fourth-order valence-corrected chi connectivity index (χ4v) is 4.28. The second kappa shape index (κ2) is 12.6. The van der Waals surface area contributed by atoms with Gasteiger partial charge in [0, 0.05) is 45.2 Å². The van der Waals surface area contributed by atoms with Gasteiger partial charge in [0.1, 0.15) is 0 Å². The molecule has 1 atom stereocenters. The highest BCUT2D eigenvalue weighted by atomic mass is 127. The van der Waals surface area contributed by atoms with Crippen molar-refractivity contribution in [2.75, 3.05) is 46.9 Å². The molecule has 28 heavy (non-hydrogen) atoms. The normalized spacial score (nSPS) is 20.6. The summed E-state index contributed by atoms with van der Waals surface area (Å²) in [6.45, 7) is 5.68. The first-order valence-electron chi connectivity index (χ1n) is 10.5. The molecule has 0 spiro atoms. The van der Waals surface area contributed by atoms with E-state index in [0.717, 1.165) is 44.8 Å². The number of guanidine groups is 1. The summed E-state index contributed by atoms with van der Waals surface area (Å²) in [7, 11) is 4.15. The molecular weight excluding hydrogens is 463 g/mol. The van der Waals surface area contributed by atoms with Gasteiger partial charge in [-0.25, -0.2) is 0 Å². The number of likely N-dealkylation sites (N-methyl/N-ethyl adjacent to an activating group) is 1. The topological polar surface area (TPSA) is 40.1 Å². The first kappa shape index (κ1) is 23.4. The van der Waals surface area contributed by atoms with Gasteiger partial charge in [-0.1, -0.05) is 43.2 Å². The van der Waals surface area contributed by atoms with E-state index < -0.39 is 0 Å². The number of rotatable bonds is 8. The van der Waals surface area contributed by atoms with Crippen molar-refractivity contribution < 1.29 is 4.74 Å². The molecule has 0 amide bonds. The lowest BCUT2D eigenvalue weighted by Gasteiger charge is -2.26. The van der Waals surface area contributed by atoms with Crippen LogP contribution in [0.3, 0.4) is 0 Å². The van der Waals surface area contributed by atoms with Crippen LogP contribution in [0, 0.1) is 5.92 Å². The van der Waals surface area contributed by atoms with E-state index in [1.54, 1.807) is 0 Å². The van der Waals surface area contributed by atoms with Gasteiger partial charge >= 0.3 is 0 Å². The molecule has 0 bridgehead atoms. The van der Waals surface area contributed by atoms with Crippen molar-refractivity contribution in [2.45, 2.75) is 44.8 Å². The SMILES string of the molecule is CN=C(NCCN(C)C1CCCC1)N1CCC(COCc2ccccc2)C1.I. The van der Waals surface area contributed by atoms with Gasteiger partial charge in [-0.3, -0.25) is 4.99 Å². The molecule has 6 heteroatoms. The minimum Gasteiger partial charge on any atom is -0.376 e. The summed E-state index contributed by atoms with van der Waals surface area (Å²) >= 11 is 0. The summed E-state index contributed by atoms with van der Waals surface area (Å²) in [4.78, 5) is 9.39. The average Bonchev–Trinajstić information content (AvgIpc) is 3.38. The third-order valence-electron chi connectivity index (χ3n) is 5.96. The summed E-state index contributed by atoms with van der Waals surface area (Å²) in [5.74, 6) is 1.63. The molecule has 1 aliphatic heterocycles. The standard InChI is InChI=1S/C22H36N4O.HI/c1-23-22(24-13-15-25(2)21-10-6-7-11-21)26-14-12-20(16-26)18-27-17-19-8-4-3-5-9-19;/h3-5,8-9,20-21H,6-7,10-18H2,1-2H3,(H,23,24);1H. The number of benzene rings is 1. The van der Waals surface area contributed by atoms with Crippen LogP contribution in [0.1, 0.15) is 37.7 Å². The maximum atomic E-state index is 5.94. The van der Waals surface area contributed by atoms with Crippen molar-refractivity contribution in [3.8, 4) is 0 Å². The molecule has 1 saturated carbocycles. The highest BCUT2D eigenvalue weighted by Gasteiger charge is 2.25. The number of likely N-dealkylation sites (tertiary alicyclic amines) is 1. The Balaban J connectivity index is 0.00000280. The van der Waals surface area contributed by atoms with E-state index in [-0.39, 0.29) is 24.0 Å². The van der Waals surface area contributed by atoms with Crippen LogP contribution in [0.4, 0.5) is 0 Å². The zero-order valence-electron chi connectivity index (χ0n) is 17.5. The predicted octanol–water partition coefficient (Wildman–Crippen LogP) is 3.59. The zero-order valence-corrected chi connectivity index (χ0v) is 19.8. The summed E-state index contributed by atoms with van der Waals surface area (Å²) in [6, 6.07) is 11.2. The van der Waals surface area contributed by atoms with E-state index in [4.69, 9.17) is 4.74 Å². The summed E-state index contributed by atoms with van der Waals surface area (Å²) in [5, 5.41) is 3.56.